The van der Waals surface area contributed by atoms with Crippen LogP contribution in [-0.2, 0) is 23.9 Å². The number of urea groups is 1. The van der Waals surface area contributed by atoms with Gasteiger partial charge in [0.25, 0.3) is 5.91 Å². The van der Waals surface area contributed by atoms with Gasteiger partial charge in [0.1, 0.15) is 18.7 Å². The van der Waals surface area contributed by atoms with Gasteiger partial charge in [-0.05, 0) is 60.7 Å². The van der Waals surface area contributed by atoms with Crippen LogP contribution in [0.1, 0.15) is 92.9 Å². The first-order chi connectivity index (χ1) is 23.1. The number of carbonyl (C=O) groups is 6. The van der Waals surface area contributed by atoms with Crippen molar-refractivity contribution >= 4 is 35.6 Å². The summed E-state index contributed by atoms with van der Waals surface area (Å²) in [4.78, 5) is 81.7. The first-order valence-electron chi connectivity index (χ1n) is 18.1. The van der Waals surface area contributed by atoms with E-state index in [0.717, 1.165) is 44.9 Å². The van der Waals surface area contributed by atoms with Crippen molar-refractivity contribution in [2.75, 3.05) is 26.2 Å². The van der Waals surface area contributed by atoms with Gasteiger partial charge in [-0.1, -0.05) is 72.8 Å². The predicted octanol–water partition coefficient (Wildman–Crippen LogP) is 3.03. The van der Waals surface area contributed by atoms with Gasteiger partial charge < -0.3 is 36.2 Å². The number of Topliss-reactive ketones (excluding diaryl/α,β-unsaturated/α-hetero) is 1. The van der Waals surface area contributed by atoms with Crippen molar-refractivity contribution < 1.29 is 33.5 Å². The lowest BCUT2D eigenvalue weighted by Crippen LogP contribution is -2.61. The molecule has 0 aromatic rings. The van der Waals surface area contributed by atoms with Crippen LogP contribution in [0.2, 0.25) is 0 Å². The SMILES string of the molecule is C=CCNC(=O)C(=O)C(CC1CC1)NC(=O)[C@@H]1[C@@H]2[C@H](CN1C(=O)[C@@H](NC(=O)N[C@H](COC(=O)NCC)C(C)(C)C)C1CCCCC1)C2(C)C. The zero-order valence-electron chi connectivity index (χ0n) is 30.2. The van der Waals surface area contributed by atoms with E-state index in [9.17, 15) is 28.8 Å². The van der Waals surface area contributed by atoms with Gasteiger partial charge in [0.2, 0.25) is 17.6 Å². The van der Waals surface area contributed by atoms with Gasteiger partial charge in [0.05, 0.1) is 12.1 Å². The predicted molar refractivity (Wildman–Crippen MR) is 184 cm³/mol. The molecule has 1 unspecified atom stereocenters. The molecule has 13 nitrogen and oxygen atoms in total. The highest BCUT2D eigenvalue weighted by Crippen LogP contribution is 2.65. The summed E-state index contributed by atoms with van der Waals surface area (Å²) in [5, 5.41) is 13.9. The topological polar surface area (TPSA) is 175 Å². The number of ether oxygens (including phenoxy) is 1. The number of rotatable bonds is 15. The van der Waals surface area contributed by atoms with Crippen LogP contribution in [0.25, 0.3) is 0 Å². The molecule has 1 heterocycles. The highest BCUT2D eigenvalue weighted by atomic mass is 16.5. The fourth-order valence-corrected chi connectivity index (χ4v) is 7.63. The maximum atomic E-state index is 14.6. The van der Waals surface area contributed by atoms with Crippen LogP contribution in [0.15, 0.2) is 12.7 Å². The zero-order chi connectivity index (χ0) is 36.1. The number of fused-ring (bicyclic) bond motifs is 1. The summed E-state index contributed by atoms with van der Waals surface area (Å²) in [5.41, 5.74) is -0.637. The molecular weight excluding hydrogens is 628 g/mol. The molecule has 4 aliphatic rings. The summed E-state index contributed by atoms with van der Waals surface area (Å²) < 4.78 is 5.34. The summed E-state index contributed by atoms with van der Waals surface area (Å²) in [5.74, 6) is -2.10. The number of nitrogens with zero attached hydrogens (tertiary/aromatic N) is 1. The lowest BCUT2D eigenvalue weighted by atomic mass is 9.83. The number of hydrogen-bond acceptors (Lipinski definition) is 7. The van der Waals surface area contributed by atoms with Crippen molar-refractivity contribution in [3.8, 4) is 0 Å². The summed E-state index contributed by atoms with van der Waals surface area (Å²) in [6, 6.07) is -3.77. The largest absolute Gasteiger partial charge is 0.447 e. The first kappa shape index (κ1) is 38.2. The summed E-state index contributed by atoms with van der Waals surface area (Å²) >= 11 is 0. The summed E-state index contributed by atoms with van der Waals surface area (Å²) in [7, 11) is 0. The Morgan fingerprint density at radius 2 is 1.63 bits per heavy atom. The van der Waals surface area contributed by atoms with Gasteiger partial charge in [0.15, 0.2) is 0 Å². The van der Waals surface area contributed by atoms with Crippen LogP contribution in [0.3, 0.4) is 0 Å². The van der Waals surface area contributed by atoms with Gasteiger partial charge in [-0.25, -0.2) is 9.59 Å². The summed E-state index contributed by atoms with van der Waals surface area (Å²) in [6.07, 6.45) is 7.60. The Morgan fingerprint density at radius 3 is 2.22 bits per heavy atom. The van der Waals surface area contributed by atoms with E-state index < -0.39 is 59.3 Å². The average molecular weight is 687 g/mol. The van der Waals surface area contributed by atoms with Gasteiger partial charge in [0, 0.05) is 19.6 Å². The Labute approximate surface area is 290 Å². The number of carbonyl (C=O) groups excluding carboxylic acids is 6. The third-order valence-electron chi connectivity index (χ3n) is 11.0. The second-order valence-corrected chi connectivity index (χ2v) is 16.0. The number of nitrogens with one attached hydrogen (secondary N) is 5. The Kier molecular flexibility index (Phi) is 12.4. The van der Waals surface area contributed by atoms with Crippen molar-refractivity contribution in [2.24, 2.45) is 34.5 Å². The molecule has 1 saturated heterocycles. The Balaban J connectivity index is 1.53. The number of hydrogen-bond donors (Lipinski definition) is 5. The van der Waals surface area contributed by atoms with Crippen molar-refractivity contribution in [2.45, 2.75) is 117 Å². The van der Waals surface area contributed by atoms with Crippen molar-refractivity contribution in [3.63, 3.8) is 0 Å². The molecule has 0 bridgehead atoms. The van der Waals surface area contributed by atoms with Crippen LogP contribution in [0.4, 0.5) is 9.59 Å². The van der Waals surface area contributed by atoms with Crippen LogP contribution in [0.5, 0.6) is 0 Å². The first-order valence-corrected chi connectivity index (χ1v) is 18.1. The lowest BCUT2D eigenvalue weighted by molar-refractivity contribution is -0.144. The van der Waals surface area contributed by atoms with Crippen molar-refractivity contribution in [3.05, 3.63) is 12.7 Å². The van der Waals surface area contributed by atoms with E-state index in [-0.39, 0.29) is 48.1 Å². The molecule has 6 atom stereocenters. The minimum Gasteiger partial charge on any atom is -0.447 e. The molecule has 4 rings (SSSR count). The van der Waals surface area contributed by atoms with E-state index in [4.69, 9.17) is 4.74 Å². The molecule has 5 N–H and O–H groups in total. The number of alkyl carbamates (subject to hydrolysis) is 1. The van der Waals surface area contributed by atoms with E-state index in [1.807, 2.05) is 20.8 Å². The average Bonchev–Trinajstić information content (AvgIpc) is 3.90. The van der Waals surface area contributed by atoms with E-state index >= 15 is 0 Å². The highest BCUT2D eigenvalue weighted by Gasteiger charge is 2.69. The Morgan fingerprint density at radius 1 is 0.959 bits per heavy atom. The minimum absolute atomic E-state index is 0.0516. The molecule has 0 spiro atoms. The molecule has 49 heavy (non-hydrogen) atoms. The van der Waals surface area contributed by atoms with E-state index in [1.165, 1.54) is 6.08 Å². The van der Waals surface area contributed by atoms with E-state index in [2.05, 4.69) is 47.0 Å². The third kappa shape index (κ3) is 9.54. The second kappa shape index (κ2) is 15.9. The number of amides is 6. The monoisotopic (exact) mass is 686 g/mol. The normalized spacial score (nSPS) is 24.7. The molecule has 0 radical (unpaired) electrons. The molecule has 13 heteroatoms. The van der Waals surface area contributed by atoms with Crippen molar-refractivity contribution in [1.82, 2.24) is 31.5 Å². The van der Waals surface area contributed by atoms with Crippen molar-refractivity contribution in [1.29, 1.82) is 0 Å². The Hall–Kier alpha value is -3.64. The molecular formula is C36H58N6O7. The van der Waals surface area contributed by atoms with Crippen LogP contribution in [-0.4, -0.2) is 90.9 Å². The molecule has 4 fully saturated rings. The second-order valence-electron chi connectivity index (χ2n) is 16.0. The minimum atomic E-state index is -0.989. The van der Waals surface area contributed by atoms with Gasteiger partial charge in [-0.15, -0.1) is 6.58 Å². The third-order valence-corrected chi connectivity index (χ3v) is 11.0. The van der Waals surface area contributed by atoms with Gasteiger partial charge in [-0.2, -0.15) is 0 Å². The molecule has 0 aromatic heterocycles. The zero-order valence-corrected chi connectivity index (χ0v) is 30.2. The fraction of sp³-hybridized carbons (Fsp3) is 0.778. The van der Waals surface area contributed by atoms with Crippen LogP contribution >= 0.6 is 0 Å². The molecule has 3 aliphatic carbocycles. The van der Waals surface area contributed by atoms with Gasteiger partial charge >= 0.3 is 12.1 Å². The fourth-order valence-electron chi connectivity index (χ4n) is 7.63. The Bertz CT molecular complexity index is 1270. The summed E-state index contributed by atoms with van der Waals surface area (Å²) in [6.45, 7) is 16.2. The number of piperidine rings is 1. The van der Waals surface area contributed by atoms with Crippen LogP contribution < -0.4 is 26.6 Å². The van der Waals surface area contributed by atoms with E-state index in [0.29, 0.717) is 19.5 Å². The smallest absolute Gasteiger partial charge is 0.407 e. The molecule has 1 aliphatic heterocycles. The quantitative estimate of drug-likeness (QED) is 0.130. The molecule has 274 valence electrons. The number of likely N-dealkylation sites (tertiary alicyclic amines) is 1. The maximum absolute atomic E-state index is 14.6. The maximum Gasteiger partial charge on any atom is 0.407 e. The van der Waals surface area contributed by atoms with Crippen LogP contribution in [0, 0.1) is 34.5 Å². The molecule has 6 amide bonds. The van der Waals surface area contributed by atoms with E-state index in [1.54, 1.807) is 11.8 Å². The standard InChI is InChI=1S/C36H58N6O7/c1-8-17-38-31(45)29(43)24(18-21-15-16-21)39-30(44)28-26-23(36(26,6)7)19-42(28)32(46)27(22-13-11-10-12-14-22)41-33(47)40-25(35(3,4)5)20-49-34(48)37-9-2/h8,21-28H,1,9-20H2,2-7H3,(H,37,48)(H,38,45)(H,39,44)(H2,40,41,47)/t23-,24?,25+,26-,27-,28-/m0/s1. The van der Waals surface area contributed by atoms with Gasteiger partial charge in [-0.3, -0.25) is 19.2 Å². The molecule has 3 saturated carbocycles. The lowest BCUT2D eigenvalue weighted by Gasteiger charge is -2.38. The number of ketones is 1. The molecule has 0 aromatic carbocycles. The highest BCUT2D eigenvalue weighted by molar-refractivity contribution is 6.38.